The molecule has 0 radical (unpaired) electrons. The second-order valence-corrected chi connectivity index (χ2v) is 22.2. The normalized spacial score (nSPS) is 15.8. The summed E-state index contributed by atoms with van der Waals surface area (Å²) in [6, 6.07) is 21.8. The number of aryl methyl sites for hydroxylation is 3. The van der Waals surface area contributed by atoms with Crippen molar-refractivity contribution in [1.82, 2.24) is 4.90 Å². The first-order valence-electron chi connectivity index (χ1n) is 31.3. The molecule has 2 fully saturated rings. The summed E-state index contributed by atoms with van der Waals surface area (Å²) in [7, 11) is 33.7. The lowest BCUT2D eigenvalue weighted by molar-refractivity contribution is -0.157. The lowest BCUT2D eigenvalue weighted by atomic mass is 9.75. The van der Waals surface area contributed by atoms with Crippen LogP contribution in [0.25, 0.3) is 0 Å². The molecule has 28 heteroatoms. The van der Waals surface area contributed by atoms with Crippen LogP contribution in [0.4, 0.5) is 0 Å². The zero-order valence-electron chi connectivity index (χ0n) is 63.7. The molecule has 2 aliphatic carbocycles. The Hall–Kier alpha value is -8.61. The summed E-state index contributed by atoms with van der Waals surface area (Å²) in [5.74, 6) is -4.98. The highest BCUT2D eigenvalue weighted by Crippen LogP contribution is 2.35. The van der Waals surface area contributed by atoms with Crippen LogP contribution in [-0.4, -0.2) is 252 Å². The van der Waals surface area contributed by atoms with Gasteiger partial charge in [0.25, 0.3) is 0 Å². The molecule has 0 aromatic heterocycles. The van der Waals surface area contributed by atoms with Crippen LogP contribution in [0.15, 0.2) is 78.9 Å². The Morgan fingerprint density at radius 1 is 0.356 bits per heavy atom. The minimum Gasteiger partial charge on any atom is -0.497 e. The Balaban J connectivity index is -0.00000111. The van der Waals surface area contributed by atoms with Gasteiger partial charge < -0.3 is 90.2 Å². The third-order valence-corrected chi connectivity index (χ3v) is 14.0. The molecule has 0 spiro atoms. The fourth-order valence-electron chi connectivity index (χ4n) is 9.32. The zero-order valence-corrected chi connectivity index (χ0v) is 63.7. The maximum absolute atomic E-state index is 11.6. The summed E-state index contributed by atoms with van der Waals surface area (Å²) in [4.78, 5) is 105. The molecule has 0 heterocycles. The fraction of sp³-hybridized carbons (Fsp3) is 0.548. The van der Waals surface area contributed by atoms with Crippen LogP contribution in [-0.2, 0) is 90.2 Å². The number of carbonyl (C=O) groups is 9. The number of rotatable bonds is 19. The SMILES string of the molecule is CN(C)C.COC.COC(=O)C1CC(C(=O)OC)CC(C(=O)OC)C1.COC(=O)c1cc(C(=O)OC)cc(C(=O)OC)c1.COC(=O)c1ccc(C(=O)OC)c(C(=O)OC)c1.COC1CC(OC)CC(OC)C1.COCC(COC)OC.COc1cccc(OC)c1.Cc1cc(C)cc(C)c1. The average molecular weight is 1430 g/mol. The van der Waals surface area contributed by atoms with Crippen LogP contribution in [0.2, 0.25) is 0 Å². The molecular formula is C73H111NO27. The van der Waals surface area contributed by atoms with Crippen molar-refractivity contribution in [2.75, 3.05) is 169 Å². The van der Waals surface area contributed by atoms with E-state index in [4.69, 9.17) is 37.9 Å². The third kappa shape index (κ3) is 40.4. The molecule has 0 aliphatic heterocycles. The number of esters is 9. The molecule has 6 rings (SSSR count). The minimum atomic E-state index is -0.735. The molecule has 0 bridgehead atoms. The van der Waals surface area contributed by atoms with Crippen LogP contribution < -0.4 is 9.47 Å². The monoisotopic (exact) mass is 1430 g/mol. The smallest absolute Gasteiger partial charge is 0.338 e. The summed E-state index contributed by atoms with van der Waals surface area (Å²) in [5.41, 5.74) is 4.39. The first-order valence-corrected chi connectivity index (χ1v) is 31.3. The molecular weight excluding hydrogens is 1320 g/mol. The van der Waals surface area contributed by atoms with Crippen molar-refractivity contribution in [2.24, 2.45) is 17.8 Å². The highest BCUT2D eigenvalue weighted by molar-refractivity contribution is 6.05. The summed E-state index contributed by atoms with van der Waals surface area (Å²) in [6.45, 7) is 7.55. The van der Waals surface area contributed by atoms with Gasteiger partial charge in [0, 0.05) is 62.9 Å². The third-order valence-electron chi connectivity index (χ3n) is 14.0. The van der Waals surface area contributed by atoms with Crippen LogP contribution in [0, 0.1) is 38.5 Å². The van der Waals surface area contributed by atoms with Gasteiger partial charge in [0.1, 0.15) is 17.6 Å². The van der Waals surface area contributed by atoms with E-state index >= 15 is 0 Å². The maximum Gasteiger partial charge on any atom is 0.338 e. The molecule has 0 amide bonds. The molecule has 101 heavy (non-hydrogen) atoms. The van der Waals surface area contributed by atoms with Gasteiger partial charge in [0.15, 0.2) is 0 Å². The fourth-order valence-corrected chi connectivity index (χ4v) is 9.32. The minimum absolute atomic E-state index is 0.0250. The Bertz CT molecular complexity index is 2790. The van der Waals surface area contributed by atoms with Gasteiger partial charge in [0.2, 0.25) is 0 Å². The van der Waals surface area contributed by atoms with Crippen molar-refractivity contribution in [3.63, 3.8) is 0 Å². The topological polar surface area (TPSA) is 323 Å². The lowest BCUT2D eigenvalue weighted by Crippen LogP contribution is -2.36. The van der Waals surface area contributed by atoms with E-state index in [0.29, 0.717) is 50.8 Å². The standard InChI is InChI=1S/C12H18O6.2C12H12O6.C9H18O3.C9H12.C8H10O2.C6H14O3.C3H9N.C2H6O/c2*1-16-10(13)7-4-8(11(14)17-2)6-9(5-7)12(15)18-3;1-16-10(13)7-4-5-8(11(14)17-2)9(6-7)12(15)18-3;1-10-7-4-8(11-2)6-9(5-7)12-3;1-7-4-8(2)6-9(3)5-7;1-9-7-4-3-5-8(6-7)10-2;1-7-4-6(9-3)5-8-2;1-4(2)3;1-3-2/h7-9H,4-6H2,1-3H3;2*4-6H,1-3H3;7-9H,4-6H2,1-3H3;4-6H,1-3H3;3-6H,1-2H3;6H,4-5H2,1-3H3;1-3H3;1-2H3. The van der Waals surface area contributed by atoms with Gasteiger partial charge in [-0.1, -0.05) is 41.0 Å². The van der Waals surface area contributed by atoms with Gasteiger partial charge in [-0.05, 0) is 129 Å². The number of hydrogen-bond acceptors (Lipinski definition) is 28. The van der Waals surface area contributed by atoms with Gasteiger partial charge >= 0.3 is 53.7 Å². The van der Waals surface area contributed by atoms with Crippen molar-refractivity contribution in [3.05, 3.63) is 129 Å². The van der Waals surface area contributed by atoms with Crippen LogP contribution in [0.3, 0.4) is 0 Å². The zero-order chi connectivity index (χ0) is 77.7. The second kappa shape index (κ2) is 57.1. The predicted octanol–water partition coefficient (Wildman–Crippen LogP) is 8.90. The second-order valence-electron chi connectivity index (χ2n) is 22.2. The molecule has 0 atom stereocenters. The molecule has 570 valence electrons. The molecule has 0 unspecified atom stereocenters. The molecule has 28 nitrogen and oxygen atoms in total. The van der Waals surface area contributed by atoms with Gasteiger partial charge in [-0.15, -0.1) is 0 Å². The van der Waals surface area contributed by atoms with E-state index in [-0.39, 0.29) is 39.5 Å². The number of ether oxygens (including phenoxy) is 18. The summed E-state index contributed by atoms with van der Waals surface area (Å²) in [5, 5.41) is 0. The van der Waals surface area contributed by atoms with Gasteiger partial charge in [-0.25, -0.2) is 28.8 Å². The van der Waals surface area contributed by atoms with Crippen molar-refractivity contribution in [1.29, 1.82) is 0 Å². The van der Waals surface area contributed by atoms with E-state index < -0.39 is 71.5 Å². The number of carbonyl (C=O) groups excluding carboxylic acids is 9. The number of methoxy groups -OCH3 is 18. The highest BCUT2D eigenvalue weighted by atomic mass is 16.6. The first-order chi connectivity index (χ1) is 47.9. The number of hydrogen-bond donors (Lipinski definition) is 0. The summed E-state index contributed by atoms with van der Waals surface area (Å²) >= 11 is 0. The van der Waals surface area contributed by atoms with Crippen molar-refractivity contribution in [2.45, 2.75) is 83.7 Å². The quantitative estimate of drug-likeness (QED) is 0.0624. The highest BCUT2D eigenvalue weighted by Gasteiger charge is 2.40. The van der Waals surface area contributed by atoms with E-state index in [0.717, 1.165) is 30.8 Å². The van der Waals surface area contributed by atoms with Crippen LogP contribution >= 0.6 is 0 Å². The number of nitrogens with zero attached hydrogens (tertiary/aromatic N) is 1. The molecule has 2 aliphatic rings. The molecule has 0 saturated heterocycles. The van der Waals surface area contributed by atoms with E-state index in [1.165, 1.54) is 117 Å². The molecule has 4 aromatic carbocycles. The Morgan fingerprint density at radius 2 is 0.644 bits per heavy atom. The van der Waals surface area contributed by atoms with E-state index in [1.807, 2.05) is 50.3 Å². The predicted molar refractivity (Wildman–Crippen MR) is 375 cm³/mol. The van der Waals surface area contributed by atoms with Crippen molar-refractivity contribution in [3.8, 4) is 11.5 Å². The van der Waals surface area contributed by atoms with E-state index in [9.17, 15) is 43.2 Å². The molecule has 0 N–H and O–H groups in total. The summed E-state index contributed by atoms with van der Waals surface area (Å²) in [6.07, 6.45) is 5.01. The van der Waals surface area contributed by atoms with Crippen LogP contribution in [0.1, 0.15) is 117 Å². The van der Waals surface area contributed by atoms with E-state index in [1.54, 1.807) is 71.1 Å². The van der Waals surface area contributed by atoms with Gasteiger partial charge in [0.05, 0.1) is 161 Å². The van der Waals surface area contributed by atoms with Crippen LogP contribution in [0.5, 0.6) is 11.5 Å². The Kier molecular flexibility index (Phi) is 54.6. The van der Waals surface area contributed by atoms with Crippen molar-refractivity contribution < 1.29 is 128 Å². The van der Waals surface area contributed by atoms with Gasteiger partial charge in [-0.2, -0.15) is 0 Å². The van der Waals surface area contributed by atoms with Crippen molar-refractivity contribution >= 4 is 53.7 Å². The Morgan fingerprint density at radius 3 is 0.891 bits per heavy atom. The van der Waals surface area contributed by atoms with E-state index in [2.05, 4.69) is 86.3 Å². The number of benzene rings is 4. The maximum atomic E-state index is 11.6. The molecule has 4 aromatic rings. The average Bonchev–Trinajstić information content (AvgIpc) is 0.840. The van der Waals surface area contributed by atoms with Gasteiger partial charge in [-0.3, -0.25) is 14.4 Å². The first kappa shape index (κ1) is 96.6. The molecule has 2 saturated carbocycles. The summed E-state index contributed by atoms with van der Waals surface area (Å²) < 4.78 is 86.0. The Labute approximate surface area is 596 Å². The lowest BCUT2D eigenvalue weighted by Gasteiger charge is -2.32. The largest absolute Gasteiger partial charge is 0.497 e.